The van der Waals surface area contributed by atoms with Gasteiger partial charge in [0.2, 0.25) is 0 Å². The molecule has 1 unspecified atom stereocenters. The van der Waals surface area contributed by atoms with Crippen molar-refractivity contribution in [3.63, 3.8) is 0 Å². The van der Waals surface area contributed by atoms with Crippen LogP contribution in [0.1, 0.15) is 11.1 Å². The van der Waals surface area contributed by atoms with Crippen LogP contribution in [0.15, 0.2) is 54.6 Å². The average molecular weight is 325 g/mol. The molecule has 1 aliphatic heterocycles. The Morgan fingerprint density at radius 1 is 1.21 bits per heavy atom. The van der Waals surface area contributed by atoms with Crippen LogP contribution in [0.4, 0.5) is 0 Å². The van der Waals surface area contributed by atoms with Crippen molar-refractivity contribution >= 4 is 5.91 Å². The van der Waals surface area contributed by atoms with Crippen molar-refractivity contribution in [1.29, 1.82) is 0 Å². The number of benzene rings is 2. The molecule has 0 saturated carbocycles. The van der Waals surface area contributed by atoms with Crippen LogP contribution in [0.25, 0.3) is 0 Å². The molecule has 0 spiro atoms. The minimum atomic E-state index is 0.0146. The van der Waals surface area contributed by atoms with E-state index in [1.165, 1.54) is 5.56 Å². The van der Waals surface area contributed by atoms with Gasteiger partial charge < -0.3 is 14.4 Å². The number of carbonyl (C=O) groups excluding carboxylic acids is 1. The first kappa shape index (κ1) is 16.5. The fourth-order valence-electron chi connectivity index (χ4n) is 2.97. The van der Waals surface area contributed by atoms with Crippen molar-refractivity contribution in [3.8, 4) is 5.75 Å². The quantitative estimate of drug-likeness (QED) is 0.848. The molecule has 1 fully saturated rings. The van der Waals surface area contributed by atoms with Gasteiger partial charge in [-0.1, -0.05) is 42.5 Å². The summed E-state index contributed by atoms with van der Waals surface area (Å²) < 4.78 is 11.2. The highest BCUT2D eigenvalue weighted by Gasteiger charge is 2.27. The number of amides is 1. The van der Waals surface area contributed by atoms with Crippen molar-refractivity contribution in [2.45, 2.75) is 19.4 Å². The van der Waals surface area contributed by atoms with Gasteiger partial charge in [0, 0.05) is 6.54 Å². The molecule has 0 aromatic heterocycles. The zero-order valence-corrected chi connectivity index (χ0v) is 14.0. The minimum absolute atomic E-state index is 0.0146. The van der Waals surface area contributed by atoms with Crippen LogP contribution in [0.2, 0.25) is 0 Å². The Kier molecular flexibility index (Phi) is 5.49. The van der Waals surface area contributed by atoms with Gasteiger partial charge in [0.05, 0.1) is 19.3 Å². The maximum Gasteiger partial charge on any atom is 0.260 e. The summed E-state index contributed by atoms with van der Waals surface area (Å²) in [6, 6.07) is 18.0. The van der Waals surface area contributed by atoms with Gasteiger partial charge in [0.25, 0.3) is 5.91 Å². The Morgan fingerprint density at radius 3 is 2.83 bits per heavy atom. The molecule has 0 radical (unpaired) electrons. The molecule has 0 aliphatic carbocycles. The Balaban J connectivity index is 1.60. The van der Waals surface area contributed by atoms with Crippen LogP contribution in [0.5, 0.6) is 5.75 Å². The summed E-state index contributed by atoms with van der Waals surface area (Å²) in [6.45, 7) is 3.85. The highest BCUT2D eigenvalue weighted by atomic mass is 16.5. The maximum atomic E-state index is 12.6. The summed E-state index contributed by atoms with van der Waals surface area (Å²) in [5.41, 5.74) is 2.33. The first-order chi connectivity index (χ1) is 11.7. The number of nitrogens with zero attached hydrogens (tertiary/aromatic N) is 1. The molecule has 0 N–H and O–H groups in total. The molecule has 1 aliphatic rings. The van der Waals surface area contributed by atoms with Crippen LogP contribution in [0.3, 0.4) is 0 Å². The van der Waals surface area contributed by atoms with E-state index in [1.54, 1.807) is 0 Å². The molecule has 3 rings (SSSR count). The topological polar surface area (TPSA) is 38.8 Å². The third kappa shape index (κ3) is 4.36. The Morgan fingerprint density at radius 2 is 2.04 bits per heavy atom. The van der Waals surface area contributed by atoms with E-state index in [2.05, 4.69) is 12.1 Å². The molecule has 1 saturated heterocycles. The molecule has 1 amide bonds. The predicted molar refractivity (Wildman–Crippen MR) is 93.1 cm³/mol. The van der Waals surface area contributed by atoms with Crippen LogP contribution in [-0.2, 0) is 16.0 Å². The predicted octanol–water partition coefficient (Wildman–Crippen LogP) is 2.84. The lowest BCUT2D eigenvalue weighted by Gasteiger charge is -2.35. The second-order valence-electron chi connectivity index (χ2n) is 6.11. The first-order valence-corrected chi connectivity index (χ1v) is 8.33. The molecule has 0 bridgehead atoms. The van der Waals surface area contributed by atoms with Crippen molar-refractivity contribution < 1.29 is 14.3 Å². The summed E-state index contributed by atoms with van der Waals surface area (Å²) in [5.74, 6) is 0.747. The third-order valence-corrected chi connectivity index (χ3v) is 4.21. The summed E-state index contributed by atoms with van der Waals surface area (Å²) in [6.07, 6.45) is 0.803. The lowest BCUT2D eigenvalue weighted by atomic mass is 10.0. The fraction of sp³-hybridized carbons (Fsp3) is 0.350. The number of morpholine rings is 1. The number of rotatable bonds is 5. The standard InChI is InChI=1S/C20H23NO3/c1-16-6-5-9-19(12-16)24-15-20(22)21-10-11-23-14-18(21)13-17-7-3-2-4-8-17/h2-9,12,18H,10-11,13-15H2,1H3. The maximum absolute atomic E-state index is 12.6. The Labute approximate surface area is 143 Å². The van der Waals surface area contributed by atoms with E-state index in [0.29, 0.717) is 19.8 Å². The van der Waals surface area contributed by atoms with Gasteiger partial charge in [-0.15, -0.1) is 0 Å². The lowest BCUT2D eigenvalue weighted by molar-refractivity contribution is -0.142. The zero-order chi connectivity index (χ0) is 16.8. The fourth-order valence-corrected chi connectivity index (χ4v) is 2.97. The number of carbonyl (C=O) groups is 1. The molecule has 4 heteroatoms. The van der Waals surface area contributed by atoms with Gasteiger partial charge in [-0.25, -0.2) is 0 Å². The van der Waals surface area contributed by atoms with E-state index in [4.69, 9.17) is 9.47 Å². The van der Waals surface area contributed by atoms with E-state index in [-0.39, 0.29) is 18.6 Å². The van der Waals surface area contributed by atoms with Gasteiger partial charge in [-0.05, 0) is 36.6 Å². The summed E-state index contributed by atoms with van der Waals surface area (Å²) in [5, 5.41) is 0. The summed E-state index contributed by atoms with van der Waals surface area (Å²) >= 11 is 0. The van der Waals surface area contributed by atoms with Crippen LogP contribution in [-0.4, -0.2) is 43.2 Å². The summed E-state index contributed by atoms with van der Waals surface area (Å²) in [4.78, 5) is 14.5. The minimum Gasteiger partial charge on any atom is -0.484 e. The molecule has 1 atom stereocenters. The van der Waals surface area contributed by atoms with Crippen LogP contribution < -0.4 is 4.74 Å². The van der Waals surface area contributed by atoms with Crippen molar-refractivity contribution in [1.82, 2.24) is 4.90 Å². The van der Waals surface area contributed by atoms with Crippen molar-refractivity contribution in [2.24, 2.45) is 0 Å². The number of hydrogen-bond acceptors (Lipinski definition) is 3. The van der Waals surface area contributed by atoms with E-state index in [1.807, 2.05) is 54.3 Å². The molecule has 1 heterocycles. The second kappa shape index (κ2) is 7.97. The molecule has 24 heavy (non-hydrogen) atoms. The third-order valence-electron chi connectivity index (χ3n) is 4.21. The molecule has 2 aromatic carbocycles. The first-order valence-electron chi connectivity index (χ1n) is 8.33. The van der Waals surface area contributed by atoms with Crippen LogP contribution >= 0.6 is 0 Å². The largest absolute Gasteiger partial charge is 0.484 e. The second-order valence-corrected chi connectivity index (χ2v) is 6.11. The normalized spacial score (nSPS) is 17.5. The van der Waals surface area contributed by atoms with Crippen molar-refractivity contribution in [2.75, 3.05) is 26.4 Å². The van der Waals surface area contributed by atoms with Gasteiger partial charge in [-0.2, -0.15) is 0 Å². The number of hydrogen-bond donors (Lipinski definition) is 0. The number of aryl methyl sites for hydroxylation is 1. The van der Waals surface area contributed by atoms with Gasteiger partial charge in [0.15, 0.2) is 6.61 Å². The van der Waals surface area contributed by atoms with Crippen LogP contribution in [0, 0.1) is 6.92 Å². The SMILES string of the molecule is Cc1cccc(OCC(=O)N2CCOCC2Cc2ccccc2)c1. The molecule has 4 nitrogen and oxygen atoms in total. The van der Waals surface area contributed by atoms with E-state index >= 15 is 0 Å². The van der Waals surface area contributed by atoms with E-state index in [0.717, 1.165) is 17.7 Å². The summed E-state index contributed by atoms with van der Waals surface area (Å²) in [7, 11) is 0. The Hall–Kier alpha value is -2.33. The molecular formula is C20H23NO3. The van der Waals surface area contributed by atoms with E-state index in [9.17, 15) is 4.79 Å². The van der Waals surface area contributed by atoms with Gasteiger partial charge in [0.1, 0.15) is 5.75 Å². The lowest BCUT2D eigenvalue weighted by Crippen LogP contribution is -2.51. The Bertz CT molecular complexity index is 672. The van der Waals surface area contributed by atoms with Gasteiger partial charge in [-0.3, -0.25) is 4.79 Å². The average Bonchev–Trinajstić information content (AvgIpc) is 2.61. The highest BCUT2D eigenvalue weighted by molar-refractivity contribution is 5.78. The molecule has 2 aromatic rings. The molecule has 126 valence electrons. The highest BCUT2D eigenvalue weighted by Crippen LogP contribution is 2.16. The molecular weight excluding hydrogens is 302 g/mol. The van der Waals surface area contributed by atoms with Crippen molar-refractivity contribution in [3.05, 3.63) is 65.7 Å². The monoisotopic (exact) mass is 325 g/mol. The number of ether oxygens (including phenoxy) is 2. The smallest absolute Gasteiger partial charge is 0.260 e. The zero-order valence-electron chi connectivity index (χ0n) is 14.0. The van der Waals surface area contributed by atoms with Gasteiger partial charge >= 0.3 is 0 Å². The van der Waals surface area contributed by atoms with E-state index < -0.39 is 0 Å².